The van der Waals surface area contributed by atoms with Crippen LogP contribution in [0.3, 0.4) is 0 Å². The van der Waals surface area contributed by atoms with Crippen molar-refractivity contribution in [1.29, 1.82) is 0 Å². The summed E-state index contributed by atoms with van der Waals surface area (Å²) in [5.74, 6) is 1.76. The first-order chi connectivity index (χ1) is 10.4. The summed E-state index contributed by atoms with van der Waals surface area (Å²) in [7, 11) is 0. The molecule has 3 heteroatoms. The van der Waals surface area contributed by atoms with Crippen molar-refractivity contribution in [2.24, 2.45) is 11.3 Å². The second-order valence-corrected chi connectivity index (χ2v) is 8.13. The highest BCUT2D eigenvalue weighted by Gasteiger charge is 2.33. The van der Waals surface area contributed by atoms with Gasteiger partial charge in [-0.1, -0.05) is 27.4 Å². The van der Waals surface area contributed by atoms with Gasteiger partial charge in [0.2, 0.25) is 5.91 Å². The zero-order valence-electron chi connectivity index (χ0n) is 14.7. The zero-order chi connectivity index (χ0) is 16.2. The Bertz CT molecular complexity index is 396. The summed E-state index contributed by atoms with van der Waals surface area (Å²) in [6, 6.07) is 0. The summed E-state index contributed by atoms with van der Waals surface area (Å²) < 4.78 is 6.07. The highest BCUT2D eigenvalue weighted by Crippen LogP contribution is 2.40. The minimum absolute atomic E-state index is 0.266. The fourth-order valence-corrected chi connectivity index (χ4v) is 4.19. The van der Waals surface area contributed by atoms with E-state index in [1.807, 2.05) is 4.90 Å². The van der Waals surface area contributed by atoms with Crippen LogP contribution >= 0.6 is 0 Å². The third-order valence-corrected chi connectivity index (χ3v) is 5.01. The predicted octanol–water partition coefficient (Wildman–Crippen LogP) is 4.52. The van der Waals surface area contributed by atoms with Gasteiger partial charge in [-0.2, -0.15) is 0 Å². The van der Waals surface area contributed by atoms with Crippen LogP contribution < -0.4 is 0 Å². The second-order valence-electron chi connectivity index (χ2n) is 8.13. The average molecular weight is 307 g/mol. The maximum absolute atomic E-state index is 12.2. The van der Waals surface area contributed by atoms with Gasteiger partial charge in [-0.25, -0.2) is 0 Å². The lowest BCUT2D eigenvalue weighted by Gasteiger charge is -2.39. The SMILES string of the molecule is C=C(CCC(=O)N1CCCCC1)OC1CC(C)CC(C)(C)C1. The number of likely N-dealkylation sites (tertiary alicyclic amines) is 1. The van der Waals surface area contributed by atoms with Gasteiger partial charge in [-0.05, 0) is 49.9 Å². The van der Waals surface area contributed by atoms with Crippen LogP contribution in [0.1, 0.15) is 72.1 Å². The van der Waals surface area contributed by atoms with Gasteiger partial charge in [0.1, 0.15) is 0 Å². The molecule has 1 saturated carbocycles. The van der Waals surface area contributed by atoms with Crippen molar-refractivity contribution >= 4 is 5.91 Å². The molecule has 0 bridgehead atoms. The number of hydrogen-bond acceptors (Lipinski definition) is 2. The molecule has 2 unspecified atom stereocenters. The summed E-state index contributed by atoms with van der Waals surface area (Å²) >= 11 is 0. The highest BCUT2D eigenvalue weighted by molar-refractivity contribution is 5.76. The molecule has 2 rings (SSSR count). The van der Waals surface area contributed by atoms with Gasteiger partial charge in [-0.15, -0.1) is 0 Å². The Morgan fingerprint density at radius 3 is 2.50 bits per heavy atom. The van der Waals surface area contributed by atoms with E-state index >= 15 is 0 Å². The number of hydrogen-bond donors (Lipinski definition) is 0. The lowest BCUT2D eigenvalue weighted by molar-refractivity contribution is -0.132. The van der Waals surface area contributed by atoms with E-state index in [1.54, 1.807) is 0 Å². The van der Waals surface area contributed by atoms with Crippen LogP contribution in [0, 0.1) is 11.3 Å². The Labute approximate surface area is 136 Å². The molecule has 3 nitrogen and oxygen atoms in total. The Balaban J connectivity index is 1.72. The van der Waals surface area contributed by atoms with E-state index in [0.29, 0.717) is 24.2 Å². The number of amides is 1. The maximum atomic E-state index is 12.2. The van der Waals surface area contributed by atoms with Crippen LogP contribution in [0.4, 0.5) is 0 Å². The van der Waals surface area contributed by atoms with Gasteiger partial charge in [0.25, 0.3) is 0 Å². The molecule has 1 amide bonds. The molecule has 22 heavy (non-hydrogen) atoms. The summed E-state index contributed by atoms with van der Waals surface area (Å²) in [5, 5.41) is 0. The summed E-state index contributed by atoms with van der Waals surface area (Å²) in [6.07, 6.45) is 8.53. The van der Waals surface area contributed by atoms with Gasteiger partial charge in [0, 0.05) is 25.9 Å². The van der Waals surface area contributed by atoms with Crippen LogP contribution in [0.25, 0.3) is 0 Å². The molecule has 1 aliphatic heterocycles. The minimum atomic E-state index is 0.266. The number of carbonyl (C=O) groups excluding carboxylic acids is 1. The fourth-order valence-electron chi connectivity index (χ4n) is 4.19. The van der Waals surface area contributed by atoms with Crippen molar-refractivity contribution in [2.75, 3.05) is 13.1 Å². The standard InChI is InChI=1S/C19H33NO2/c1-15-12-17(14-19(3,4)13-15)22-16(2)8-9-18(21)20-10-6-5-7-11-20/h15,17H,2,5-14H2,1,3-4H3. The van der Waals surface area contributed by atoms with Crippen molar-refractivity contribution in [3.05, 3.63) is 12.3 Å². The summed E-state index contributed by atoms with van der Waals surface area (Å²) in [4.78, 5) is 14.2. The molecule has 2 atom stereocenters. The number of nitrogens with zero attached hydrogens (tertiary/aromatic N) is 1. The average Bonchev–Trinajstić information content (AvgIpc) is 2.43. The van der Waals surface area contributed by atoms with E-state index in [-0.39, 0.29) is 12.0 Å². The second kappa shape index (κ2) is 7.52. The monoisotopic (exact) mass is 307 g/mol. The minimum Gasteiger partial charge on any atom is -0.495 e. The molecular formula is C19H33NO2. The highest BCUT2D eigenvalue weighted by atomic mass is 16.5. The number of allylic oxidation sites excluding steroid dienone is 1. The first-order valence-corrected chi connectivity index (χ1v) is 8.98. The smallest absolute Gasteiger partial charge is 0.223 e. The van der Waals surface area contributed by atoms with Crippen LogP contribution in [-0.2, 0) is 9.53 Å². The topological polar surface area (TPSA) is 29.5 Å². The number of carbonyl (C=O) groups is 1. The predicted molar refractivity (Wildman–Crippen MR) is 90.5 cm³/mol. The molecule has 0 N–H and O–H groups in total. The largest absolute Gasteiger partial charge is 0.495 e. The number of ether oxygens (including phenoxy) is 1. The Kier molecular flexibility index (Phi) is 5.94. The quantitative estimate of drug-likeness (QED) is 0.699. The summed E-state index contributed by atoms with van der Waals surface area (Å²) in [6.45, 7) is 12.9. The van der Waals surface area contributed by atoms with E-state index in [1.165, 1.54) is 12.8 Å². The lowest BCUT2D eigenvalue weighted by Crippen LogP contribution is -2.35. The van der Waals surface area contributed by atoms with Gasteiger partial charge in [-0.3, -0.25) is 4.79 Å². The first-order valence-electron chi connectivity index (χ1n) is 8.98. The van der Waals surface area contributed by atoms with Crippen LogP contribution in [0.2, 0.25) is 0 Å². The number of piperidine rings is 1. The molecule has 0 aromatic carbocycles. The van der Waals surface area contributed by atoms with Crippen LogP contribution in [0.5, 0.6) is 0 Å². The zero-order valence-corrected chi connectivity index (χ0v) is 14.7. The molecule has 126 valence electrons. The van der Waals surface area contributed by atoms with Crippen LogP contribution in [-0.4, -0.2) is 30.0 Å². The number of rotatable bonds is 5. The fraction of sp³-hybridized carbons (Fsp3) is 0.842. The van der Waals surface area contributed by atoms with Gasteiger partial charge < -0.3 is 9.64 Å². The molecule has 2 fully saturated rings. The molecule has 0 aromatic rings. The Hall–Kier alpha value is -0.990. The molecule has 0 aromatic heterocycles. The Morgan fingerprint density at radius 2 is 1.86 bits per heavy atom. The molecule has 1 heterocycles. The molecule has 0 radical (unpaired) electrons. The van der Waals surface area contributed by atoms with E-state index in [0.717, 1.165) is 44.5 Å². The van der Waals surface area contributed by atoms with Gasteiger partial charge in [0.05, 0.1) is 11.9 Å². The third-order valence-electron chi connectivity index (χ3n) is 5.01. The molecule has 1 aliphatic carbocycles. The van der Waals surface area contributed by atoms with Crippen molar-refractivity contribution in [2.45, 2.75) is 78.2 Å². The normalized spacial score (nSPS) is 28.2. The van der Waals surface area contributed by atoms with Crippen molar-refractivity contribution in [3.63, 3.8) is 0 Å². The molecule has 0 spiro atoms. The molecule has 1 saturated heterocycles. The van der Waals surface area contributed by atoms with E-state index in [4.69, 9.17) is 4.74 Å². The van der Waals surface area contributed by atoms with Crippen molar-refractivity contribution in [1.82, 2.24) is 4.90 Å². The van der Waals surface area contributed by atoms with E-state index < -0.39 is 0 Å². The third kappa shape index (κ3) is 5.33. The van der Waals surface area contributed by atoms with Crippen LogP contribution in [0.15, 0.2) is 12.3 Å². The first kappa shape index (κ1) is 17.4. The van der Waals surface area contributed by atoms with Crippen molar-refractivity contribution < 1.29 is 9.53 Å². The maximum Gasteiger partial charge on any atom is 0.223 e. The van der Waals surface area contributed by atoms with E-state index in [2.05, 4.69) is 27.4 Å². The Morgan fingerprint density at radius 1 is 1.18 bits per heavy atom. The summed E-state index contributed by atoms with van der Waals surface area (Å²) in [5.41, 5.74) is 0.353. The van der Waals surface area contributed by atoms with Crippen molar-refractivity contribution in [3.8, 4) is 0 Å². The molecular weight excluding hydrogens is 274 g/mol. The van der Waals surface area contributed by atoms with E-state index in [9.17, 15) is 4.79 Å². The van der Waals surface area contributed by atoms with Gasteiger partial charge >= 0.3 is 0 Å². The van der Waals surface area contributed by atoms with Gasteiger partial charge in [0.15, 0.2) is 0 Å². The lowest BCUT2D eigenvalue weighted by atomic mass is 9.71. The molecule has 2 aliphatic rings.